The summed E-state index contributed by atoms with van der Waals surface area (Å²) in [6.07, 6.45) is 3.67. The molecule has 0 aromatic heterocycles. The Labute approximate surface area is 110 Å². The Morgan fingerprint density at radius 2 is 1.88 bits per heavy atom. The summed E-state index contributed by atoms with van der Waals surface area (Å²) in [6.45, 7) is 4.20. The van der Waals surface area contributed by atoms with Crippen molar-refractivity contribution in [2.45, 2.75) is 31.2 Å². The van der Waals surface area contributed by atoms with Crippen LogP contribution >= 0.6 is 19.2 Å². The van der Waals surface area contributed by atoms with Crippen LogP contribution < -0.4 is 0 Å². The molecule has 0 fully saturated rings. The Hall–Kier alpha value is -0.0800. The fourth-order valence-electron chi connectivity index (χ4n) is 1.88. The molecule has 1 rings (SSSR count). The van der Waals surface area contributed by atoms with Crippen molar-refractivity contribution in [1.82, 2.24) is 0 Å². The van der Waals surface area contributed by atoms with Gasteiger partial charge in [-0.1, -0.05) is 25.1 Å². The highest BCUT2D eigenvalue weighted by Gasteiger charge is 2.36. The zero-order valence-electron chi connectivity index (χ0n) is 10.9. The second kappa shape index (κ2) is 6.19. The van der Waals surface area contributed by atoms with Crippen molar-refractivity contribution in [3.8, 4) is 0 Å². The van der Waals surface area contributed by atoms with Crippen molar-refractivity contribution in [3.05, 3.63) is 23.5 Å². The molecule has 1 aliphatic rings. The van der Waals surface area contributed by atoms with Gasteiger partial charge in [-0.2, -0.15) is 0 Å². The van der Waals surface area contributed by atoms with E-state index in [1.54, 1.807) is 21.3 Å². The summed E-state index contributed by atoms with van der Waals surface area (Å²) < 4.78 is 16.3. The summed E-state index contributed by atoms with van der Waals surface area (Å²) in [5, 5.41) is -0.128. The zero-order chi connectivity index (χ0) is 13.1. The van der Waals surface area contributed by atoms with Crippen LogP contribution in [-0.4, -0.2) is 38.7 Å². The second-order valence-electron chi connectivity index (χ2n) is 4.45. The van der Waals surface area contributed by atoms with Crippen LogP contribution in [0.2, 0.25) is 0 Å². The SMILES string of the molecule is COC1=CC(OC)C(OC)C(C(C)(C)PCl)=C1. The summed E-state index contributed by atoms with van der Waals surface area (Å²) in [6, 6.07) is 0. The maximum Gasteiger partial charge on any atom is 0.117 e. The van der Waals surface area contributed by atoms with Crippen LogP contribution in [0.4, 0.5) is 0 Å². The Kier molecular flexibility index (Phi) is 5.46. The van der Waals surface area contributed by atoms with Gasteiger partial charge in [0.15, 0.2) is 0 Å². The molecule has 17 heavy (non-hydrogen) atoms. The molecule has 1 aliphatic carbocycles. The molecule has 0 bridgehead atoms. The van der Waals surface area contributed by atoms with E-state index in [-0.39, 0.29) is 25.3 Å². The largest absolute Gasteiger partial charge is 0.497 e. The van der Waals surface area contributed by atoms with Crippen molar-refractivity contribution in [2.75, 3.05) is 21.3 Å². The quantitative estimate of drug-likeness (QED) is 0.723. The first-order valence-corrected chi connectivity index (χ1v) is 7.42. The van der Waals surface area contributed by atoms with Gasteiger partial charge in [-0.3, -0.25) is 0 Å². The number of rotatable bonds is 5. The van der Waals surface area contributed by atoms with E-state index in [2.05, 4.69) is 13.8 Å². The Morgan fingerprint density at radius 3 is 2.29 bits per heavy atom. The third kappa shape index (κ3) is 3.23. The van der Waals surface area contributed by atoms with Crippen LogP contribution in [-0.2, 0) is 14.2 Å². The highest BCUT2D eigenvalue weighted by atomic mass is 35.7. The van der Waals surface area contributed by atoms with Crippen molar-refractivity contribution in [2.24, 2.45) is 0 Å². The van der Waals surface area contributed by atoms with Gasteiger partial charge < -0.3 is 14.2 Å². The first-order valence-electron chi connectivity index (χ1n) is 5.41. The minimum absolute atomic E-state index is 0.111. The normalized spacial score (nSPS) is 26.0. The highest BCUT2D eigenvalue weighted by Crippen LogP contribution is 2.45. The van der Waals surface area contributed by atoms with Crippen molar-refractivity contribution in [1.29, 1.82) is 0 Å². The molecule has 0 aliphatic heterocycles. The van der Waals surface area contributed by atoms with Crippen molar-refractivity contribution < 1.29 is 14.2 Å². The van der Waals surface area contributed by atoms with Gasteiger partial charge in [-0.05, 0) is 25.7 Å². The van der Waals surface area contributed by atoms with E-state index >= 15 is 0 Å². The molecule has 98 valence electrons. The minimum atomic E-state index is -0.137. The average molecular weight is 279 g/mol. The third-order valence-electron chi connectivity index (χ3n) is 2.95. The molecular formula is C12H20ClO3P. The topological polar surface area (TPSA) is 27.7 Å². The van der Waals surface area contributed by atoms with Gasteiger partial charge in [-0.15, -0.1) is 0 Å². The van der Waals surface area contributed by atoms with Crippen LogP contribution in [0.3, 0.4) is 0 Å². The predicted molar refractivity (Wildman–Crippen MR) is 73.0 cm³/mol. The molecule has 0 saturated heterocycles. The van der Waals surface area contributed by atoms with Gasteiger partial charge in [-0.25, -0.2) is 0 Å². The first kappa shape index (κ1) is 15.0. The van der Waals surface area contributed by atoms with Gasteiger partial charge in [0.1, 0.15) is 18.0 Å². The second-order valence-corrected chi connectivity index (χ2v) is 6.45. The Balaban J connectivity index is 3.13. The van der Waals surface area contributed by atoms with E-state index in [0.29, 0.717) is 0 Å². The summed E-state index contributed by atoms with van der Waals surface area (Å²) in [5.41, 5.74) is 1.11. The standard InChI is InChI=1S/C12H20ClO3P/c1-12(2,17-13)9-6-8(14-3)7-10(15-4)11(9)16-5/h6-7,10-11,17H,1-5H3. The van der Waals surface area contributed by atoms with E-state index in [9.17, 15) is 0 Å². The summed E-state index contributed by atoms with van der Waals surface area (Å²) in [4.78, 5) is 0. The molecule has 5 heteroatoms. The van der Waals surface area contributed by atoms with Crippen molar-refractivity contribution >= 4 is 19.2 Å². The van der Waals surface area contributed by atoms with Crippen LogP contribution in [0.25, 0.3) is 0 Å². The van der Waals surface area contributed by atoms with Gasteiger partial charge >= 0.3 is 0 Å². The van der Waals surface area contributed by atoms with E-state index < -0.39 is 0 Å². The number of hydrogen-bond donors (Lipinski definition) is 0. The molecule has 0 heterocycles. The summed E-state index contributed by atoms with van der Waals surface area (Å²) in [7, 11) is 5.27. The van der Waals surface area contributed by atoms with Crippen LogP contribution in [0, 0.1) is 0 Å². The molecule has 0 aromatic rings. The summed E-state index contributed by atoms with van der Waals surface area (Å²) in [5.74, 6) is 0.795. The molecule has 0 spiro atoms. The fourth-order valence-corrected chi connectivity index (χ4v) is 2.53. The van der Waals surface area contributed by atoms with E-state index in [0.717, 1.165) is 11.3 Å². The molecular weight excluding hydrogens is 259 g/mol. The number of hydrogen-bond acceptors (Lipinski definition) is 3. The minimum Gasteiger partial charge on any atom is -0.497 e. The van der Waals surface area contributed by atoms with Crippen LogP contribution in [0.5, 0.6) is 0 Å². The van der Waals surface area contributed by atoms with E-state index in [1.807, 2.05) is 12.2 Å². The maximum absolute atomic E-state index is 6.06. The molecule has 0 radical (unpaired) electrons. The lowest BCUT2D eigenvalue weighted by molar-refractivity contribution is 0.00166. The lowest BCUT2D eigenvalue weighted by Gasteiger charge is -2.36. The fraction of sp³-hybridized carbons (Fsp3) is 0.667. The number of halogens is 1. The van der Waals surface area contributed by atoms with Crippen LogP contribution in [0.1, 0.15) is 13.8 Å². The van der Waals surface area contributed by atoms with E-state index in [4.69, 9.17) is 25.5 Å². The Morgan fingerprint density at radius 1 is 1.24 bits per heavy atom. The van der Waals surface area contributed by atoms with Gasteiger partial charge in [0.25, 0.3) is 0 Å². The molecule has 3 unspecified atom stereocenters. The molecule has 0 amide bonds. The number of ether oxygens (including phenoxy) is 3. The molecule has 3 nitrogen and oxygen atoms in total. The van der Waals surface area contributed by atoms with Crippen LogP contribution in [0.15, 0.2) is 23.5 Å². The lowest BCUT2D eigenvalue weighted by Crippen LogP contribution is -2.39. The van der Waals surface area contributed by atoms with Crippen molar-refractivity contribution in [3.63, 3.8) is 0 Å². The van der Waals surface area contributed by atoms with Gasteiger partial charge in [0.05, 0.1) is 7.11 Å². The first-order chi connectivity index (χ1) is 8.00. The predicted octanol–water partition coefficient (Wildman–Crippen LogP) is 3.10. The smallest absolute Gasteiger partial charge is 0.117 e. The van der Waals surface area contributed by atoms with Gasteiger partial charge in [0.2, 0.25) is 0 Å². The number of methoxy groups -OCH3 is 3. The maximum atomic E-state index is 6.06. The monoisotopic (exact) mass is 278 g/mol. The van der Waals surface area contributed by atoms with Gasteiger partial charge in [0, 0.05) is 19.4 Å². The highest BCUT2D eigenvalue weighted by molar-refractivity contribution is 7.70. The third-order valence-corrected chi connectivity index (χ3v) is 5.13. The molecule has 0 saturated carbocycles. The number of allylic oxidation sites excluding steroid dienone is 1. The molecule has 0 aromatic carbocycles. The summed E-state index contributed by atoms with van der Waals surface area (Å²) >= 11 is 6.06. The molecule has 3 atom stereocenters. The lowest BCUT2D eigenvalue weighted by atomic mass is 9.89. The average Bonchev–Trinajstić information content (AvgIpc) is 2.36. The Bertz CT molecular complexity index is 326. The molecule has 0 N–H and O–H groups in total. The zero-order valence-corrected chi connectivity index (χ0v) is 12.7. The van der Waals surface area contributed by atoms with E-state index in [1.165, 1.54) is 0 Å².